The molecule has 2 rings (SSSR count). The van der Waals surface area contributed by atoms with E-state index in [1.54, 1.807) is 0 Å². The molecule has 0 aliphatic heterocycles. The van der Waals surface area contributed by atoms with Crippen molar-refractivity contribution >= 4 is 0 Å². The van der Waals surface area contributed by atoms with Crippen LogP contribution < -0.4 is 0 Å². The Hall–Kier alpha value is -1.74. The molecule has 1 N–H and O–H groups in total. The minimum atomic E-state index is -0.238. The molecule has 0 atom stereocenters. The van der Waals surface area contributed by atoms with Crippen LogP contribution in [-0.4, -0.2) is 10.1 Å². The summed E-state index contributed by atoms with van der Waals surface area (Å²) < 4.78 is 13.6. The summed E-state index contributed by atoms with van der Waals surface area (Å²) in [6, 6.07) is 6.68. The monoisotopic (exact) mass is 385 g/mol. The van der Waals surface area contributed by atoms with Crippen molar-refractivity contribution in [1.82, 2.24) is 4.98 Å². The summed E-state index contributed by atoms with van der Waals surface area (Å²) in [5, 5.41) is 10.2. The Balaban J connectivity index is 2.62. The van der Waals surface area contributed by atoms with E-state index >= 15 is 0 Å². The van der Waals surface area contributed by atoms with Gasteiger partial charge in [0.25, 0.3) is 0 Å². The Bertz CT molecular complexity index is 750. The van der Waals surface area contributed by atoms with E-state index in [0.29, 0.717) is 5.92 Å². The van der Waals surface area contributed by atoms with Gasteiger partial charge in [0.05, 0.1) is 6.61 Å². The van der Waals surface area contributed by atoms with Crippen molar-refractivity contribution in [3.8, 4) is 11.1 Å². The van der Waals surface area contributed by atoms with E-state index in [9.17, 15) is 9.50 Å². The number of benzene rings is 1. The molecule has 0 saturated heterocycles. The van der Waals surface area contributed by atoms with Crippen LogP contribution in [0.15, 0.2) is 24.3 Å². The lowest BCUT2D eigenvalue weighted by molar-refractivity contribution is 0.279. The molecule has 2 nitrogen and oxygen atoms in total. The van der Waals surface area contributed by atoms with E-state index in [-0.39, 0.29) is 18.3 Å². The molecule has 1 aromatic heterocycles. The fourth-order valence-corrected chi connectivity index (χ4v) is 3.94. The fourth-order valence-electron chi connectivity index (χ4n) is 3.94. The number of nitrogens with zero attached hydrogens (tertiary/aromatic N) is 1. The zero-order valence-corrected chi connectivity index (χ0v) is 18.2. The van der Waals surface area contributed by atoms with Gasteiger partial charge < -0.3 is 5.11 Å². The molecule has 1 aromatic carbocycles. The van der Waals surface area contributed by atoms with Gasteiger partial charge in [-0.05, 0) is 53.5 Å². The zero-order valence-electron chi connectivity index (χ0n) is 18.2. The minimum Gasteiger partial charge on any atom is -0.392 e. The molecular weight excluding hydrogens is 349 g/mol. The van der Waals surface area contributed by atoms with Crippen LogP contribution in [0.2, 0.25) is 0 Å². The molecule has 0 bridgehead atoms. The third kappa shape index (κ3) is 5.41. The van der Waals surface area contributed by atoms with E-state index in [1.807, 2.05) is 12.1 Å². The number of aliphatic hydroxyl groups excluding tert-OH is 1. The largest absolute Gasteiger partial charge is 0.392 e. The maximum atomic E-state index is 13.6. The van der Waals surface area contributed by atoms with Gasteiger partial charge in [-0.25, -0.2) is 4.39 Å². The summed E-state index contributed by atoms with van der Waals surface area (Å²) >= 11 is 0. The molecule has 0 saturated carbocycles. The first-order valence-electron chi connectivity index (χ1n) is 10.8. The Morgan fingerprint density at radius 3 is 1.96 bits per heavy atom. The lowest BCUT2D eigenvalue weighted by Gasteiger charge is -2.24. The number of hydrogen-bond donors (Lipinski definition) is 1. The Kier molecular flexibility index (Phi) is 8.62. The molecule has 28 heavy (non-hydrogen) atoms. The quantitative estimate of drug-likeness (QED) is 0.441. The van der Waals surface area contributed by atoms with Gasteiger partial charge in [0.15, 0.2) is 0 Å². The van der Waals surface area contributed by atoms with E-state index in [1.165, 1.54) is 43.4 Å². The van der Waals surface area contributed by atoms with Crippen LogP contribution in [0.3, 0.4) is 0 Å². The first kappa shape index (κ1) is 22.5. The molecular formula is C25H36FNO. The highest BCUT2D eigenvalue weighted by atomic mass is 19.1. The Labute approximate surface area is 170 Å². The second-order valence-corrected chi connectivity index (χ2v) is 8.35. The van der Waals surface area contributed by atoms with Crippen molar-refractivity contribution in [2.75, 3.05) is 0 Å². The molecule has 0 aliphatic rings. The Morgan fingerprint density at radius 1 is 0.857 bits per heavy atom. The van der Waals surface area contributed by atoms with Crippen LogP contribution in [0.5, 0.6) is 0 Å². The number of unbranched alkanes of at least 4 members (excludes halogenated alkanes) is 4. The van der Waals surface area contributed by atoms with Gasteiger partial charge in [-0.3, -0.25) is 4.98 Å². The van der Waals surface area contributed by atoms with Gasteiger partial charge in [-0.15, -0.1) is 0 Å². The SMILES string of the molecule is CCCCCCCc1c(C(C)C)nc(C(C)C)c(CO)c1-c1ccc(F)cc1. The third-order valence-electron chi connectivity index (χ3n) is 5.38. The maximum absolute atomic E-state index is 13.6. The highest BCUT2D eigenvalue weighted by molar-refractivity contribution is 5.73. The number of halogens is 1. The Morgan fingerprint density at radius 2 is 1.43 bits per heavy atom. The molecule has 0 amide bonds. The van der Waals surface area contributed by atoms with Gasteiger partial charge in [0, 0.05) is 17.0 Å². The zero-order chi connectivity index (χ0) is 20.7. The number of aromatic nitrogens is 1. The molecule has 154 valence electrons. The first-order chi connectivity index (χ1) is 13.4. The molecule has 0 fully saturated rings. The molecule has 1 heterocycles. The van der Waals surface area contributed by atoms with Crippen molar-refractivity contribution in [3.63, 3.8) is 0 Å². The topological polar surface area (TPSA) is 33.1 Å². The molecule has 2 aromatic rings. The number of pyridine rings is 1. The van der Waals surface area contributed by atoms with Crippen LogP contribution in [-0.2, 0) is 13.0 Å². The average molecular weight is 386 g/mol. The van der Waals surface area contributed by atoms with Crippen LogP contribution in [0.25, 0.3) is 11.1 Å². The van der Waals surface area contributed by atoms with Crippen molar-refractivity contribution in [3.05, 3.63) is 52.6 Å². The molecule has 0 unspecified atom stereocenters. The number of rotatable bonds is 10. The second-order valence-electron chi connectivity index (χ2n) is 8.35. The lowest BCUT2D eigenvalue weighted by atomic mass is 9.85. The molecule has 3 heteroatoms. The third-order valence-corrected chi connectivity index (χ3v) is 5.38. The van der Waals surface area contributed by atoms with Gasteiger partial charge in [-0.1, -0.05) is 72.4 Å². The molecule has 0 spiro atoms. The highest BCUT2D eigenvalue weighted by Gasteiger charge is 2.23. The fraction of sp³-hybridized carbons (Fsp3) is 0.560. The first-order valence-corrected chi connectivity index (χ1v) is 10.8. The summed E-state index contributed by atoms with van der Waals surface area (Å²) in [5.41, 5.74) is 6.25. The predicted molar refractivity (Wildman–Crippen MR) is 116 cm³/mol. The average Bonchev–Trinajstić information content (AvgIpc) is 2.67. The van der Waals surface area contributed by atoms with Crippen LogP contribution >= 0.6 is 0 Å². The van der Waals surface area contributed by atoms with Gasteiger partial charge in [0.2, 0.25) is 0 Å². The van der Waals surface area contributed by atoms with Crippen LogP contribution in [0, 0.1) is 5.82 Å². The van der Waals surface area contributed by atoms with Crippen molar-refractivity contribution < 1.29 is 9.50 Å². The maximum Gasteiger partial charge on any atom is 0.123 e. The summed E-state index contributed by atoms with van der Waals surface area (Å²) in [4.78, 5) is 5.03. The second kappa shape index (κ2) is 10.7. The van der Waals surface area contributed by atoms with E-state index in [0.717, 1.165) is 40.9 Å². The summed E-state index contributed by atoms with van der Waals surface area (Å²) in [6.07, 6.45) is 7.02. The molecule has 0 radical (unpaired) electrons. The highest BCUT2D eigenvalue weighted by Crippen LogP contribution is 2.37. The summed E-state index contributed by atoms with van der Waals surface area (Å²) in [7, 11) is 0. The standard InChI is InChI=1S/C25H36FNO/c1-6-7-8-9-10-11-21-23(19-12-14-20(26)15-13-19)22(16-28)25(18(4)5)27-24(21)17(2)3/h12-15,17-18,28H,6-11,16H2,1-5H3. The van der Waals surface area contributed by atoms with Crippen molar-refractivity contribution in [2.24, 2.45) is 0 Å². The smallest absolute Gasteiger partial charge is 0.123 e. The molecule has 0 aliphatic carbocycles. The normalized spacial score (nSPS) is 11.6. The summed E-state index contributed by atoms with van der Waals surface area (Å²) in [6.45, 7) is 10.8. The predicted octanol–water partition coefficient (Wildman–Crippen LogP) is 7.14. The minimum absolute atomic E-state index is 0.0472. The van der Waals surface area contributed by atoms with Gasteiger partial charge in [0.1, 0.15) is 5.82 Å². The van der Waals surface area contributed by atoms with Crippen molar-refractivity contribution in [1.29, 1.82) is 0 Å². The van der Waals surface area contributed by atoms with E-state index in [4.69, 9.17) is 4.98 Å². The van der Waals surface area contributed by atoms with Gasteiger partial charge in [-0.2, -0.15) is 0 Å². The lowest BCUT2D eigenvalue weighted by Crippen LogP contribution is -2.12. The summed E-state index contributed by atoms with van der Waals surface area (Å²) in [5.74, 6) is 0.283. The van der Waals surface area contributed by atoms with Crippen LogP contribution in [0.4, 0.5) is 4.39 Å². The van der Waals surface area contributed by atoms with Gasteiger partial charge >= 0.3 is 0 Å². The number of hydrogen-bond acceptors (Lipinski definition) is 2. The van der Waals surface area contributed by atoms with Crippen LogP contribution in [0.1, 0.15) is 101 Å². The number of aliphatic hydroxyl groups is 1. The van der Waals surface area contributed by atoms with E-state index in [2.05, 4.69) is 34.6 Å². The van der Waals surface area contributed by atoms with E-state index < -0.39 is 0 Å². The van der Waals surface area contributed by atoms with Crippen molar-refractivity contribution in [2.45, 2.75) is 91.6 Å².